The largest absolute Gasteiger partial charge is 0.377 e. The molecule has 8 heavy (non-hydrogen) atoms. The predicted molar refractivity (Wildman–Crippen MR) is 34.8 cm³/mol. The van der Waals surface area contributed by atoms with E-state index in [0.717, 1.165) is 0 Å². The Bertz CT molecular complexity index is 118. The monoisotopic (exact) mass is 132 g/mol. The van der Waals surface area contributed by atoms with Gasteiger partial charge in [-0.3, -0.25) is 0 Å². The summed E-state index contributed by atoms with van der Waals surface area (Å²) in [6.07, 6.45) is 0. The topological polar surface area (TPSA) is 20.2 Å². The fraction of sp³-hybridized carbons (Fsp3) is 0.667. The minimum Gasteiger partial charge on any atom is -0.377 e. The quantitative estimate of drug-likeness (QED) is 0.417. The molecule has 0 amide bonds. The van der Waals surface area contributed by atoms with E-state index in [1.54, 1.807) is 13.8 Å². The molecule has 0 aromatic carbocycles. The van der Waals surface area contributed by atoms with Crippen molar-refractivity contribution in [2.24, 2.45) is 0 Å². The molecule has 0 aliphatic carbocycles. The fourth-order valence-electron chi connectivity index (χ4n) is 0.303. The van der Waals surface area contributed by atoms with Crippen molar-refractivity contribution in [1.82, 2.24) is 0 Å². The third-order valence-corrected chi connectivity index (χ3v) is 1.17. The van der Waals surface area contributed by atoms with Crippen LogP contribution >= 0.6 is 11.6 Å². The second-order valence-corrected chi connectivity index (χ2v) is 2.05. The lowest BCUT2D eigenvalue weighted by Crippen LogP contribution is -2.23. The lowest BCUT2D eigenvalue weighted by Gasteiger charge is -2.09. The number of rotatable bonds is 1. The van der Waals surface area contributed by atoms with Crippen LogP contribution in [0.15, 0.2) is 0 Å². The zero-order valence-corrected chi connectivity index (χ0v) is 5.79. The van der Waals surface area contributed by atoms with Gasteiger partial charge >= 0.3 is 0 Å². The van der Waals surface area contributed by atoms with Crippen LogP contribution < -0.4 is 0 Å². The highest BCUT2D eigenvalue weighted by Gasteiger charge is 2.12. The van der Waals surface area contributed by atoms with Crippen LogP contribution in [-0.4, -0.2) is 16.6 Å². The van der Waals surface area contributed by atoms with Crippen molar-refractivity contribution in [3.8, 4) is 11.8 Å². The third kappa shape index (κ3) is 2.90. The molecule has 1 N–H and O–H groups in total. The van der Waals surface area contributed by atoms with Gasteiger partial charge in [0.25, 0.3) is 0 Å². The molecule has 0 aliphatic rings. The van der Waals surface area contributed by atoms with Crippen LogP contribution in [0.3, 0.4) is 0 Å². The first kappa shape index (κ1) is 7.81. The Balaban J connectivity index is 3.85. The number of aliphatic hydroxyl groups is 1. The van der Waals surface area contributed by atoms with E-state index in [1.165, 1.54) is 0 Å². The van der Waals surface area contributed by atoms with Gasteiger partial charge in [-0.05, 0) is 13.8 Å². The molecular formula is C6H9ClO. The van der Waals surface area contributed by atoms with Crippen LogP contribution in [-0.2, 0) is 0 Å². The van der Waals surface area contributed by atoms with Crippen molar-refractivity contribution < 1.29 is 5.11 Å². The van der Waals surface area contributed by atoms with Crippen molar-refractivity contribution >= 4 is 11.6 Å². The van der Waals surface area contributed by atoms with E-state index in [9.17, 15) is 0 Å². The van der Waals surface area contributed by atoms with Crippen molar-refractivity contribution in [1.29, 1.82) is 0 Å². The highest BCUT2D eigenvalue weighted by Crippen LogP contribution is 2.01. The van der Waals surface area contributed by atoms with Crippen LogP contribution in [0.2, 0.25) is 0 Å². The van der Waals surface area contributed by atoms with Crippen LogP contribution in [0, 0.1) is 11.8 Å². The van der Waals surface area contributed by atoms with Gasteiger partial charge in [0.15, 0.2) is 0 Å². The molecule has 0 saturated carbocycles. The SMILES string of the molecule is CC#CC(C)(O)CCl. The molecule has 1 unspecified atom stereocenters. The maximum Gasteiger partial charge on any atom is 0.136 e. The molecule has 0 aromatic heterocycles. The predicted octanol–water partition coefficient (Wildman–Crippen LogP) is 0.999. The Morgan fingerprint density at radius 1 is 1.75 bits per heavy atom. The van der Waals surface area contributed by atoms with Crippen LogP contribution in [0.4, 0.5) is 0 Å². The van der Waals surface area contributed by atoms with E-state index in [1.807, 2.05) is 0 Å². The minimum atomic E-state index is -1.00. The normalized spacial score (nSPS) is 16.0. The van der Waals surface area contributed by atoms with Gasteiger partial charge in [0.05, 0.1) is 5.88 Å². The van der Waals surface area contributed by atoms with E-state index in [0.29, 0.717) is 0 Å². The molecule has 0 spiro atoms. The molecule has 0 rings (SSSR count). The molecule has 1 nitrogen and oxygen atoms in total. The fourth-order valence-corrected chi connectivity index (χ4v) is 0.370. The molecule has 0 saturated heterocycles. The summed E-state index contributed by atoms with van der Waals surface area (Å²) in [5.41, 5.74) is -1.00. The van der Waals surface area contributed by atoms with Gasteiger partial charge < -0.3 is 5.11 Å². The summed E-state index contributed by atoms with van der Waals surface area (Å²) in [6.45, 7) is 3.25. The third-order valence-electron chi connectivity index (χ3n) is 0.654. The van der Waals surface area contributed by atoms with E-state index in [4.69, 9.17) is 16.7 Å². The van der Waals surface area contributed by atoms with Gasteiger partial charge in [-0.2, -0.15) is 0 Å². The highest BCUT2D eigenvalue weighted by molar-refractivity contribution is 6.18. The van der Waals surface area contributed by atoms with Crippen molar-refractivity contribution in [3.63, 3.8) is 0 Å². The molecular weight excluding hydrogens is 124 g/mol. The van der Waals surface area contributed by atoms with Gasteiger partial charge in [0.1, 0.15) is 5.60 Å². The van der Waals surface area contributed by atoms with Crippen molar-refractivity contribution in [2.45, 2.75) is 19.4 Å². The molecule has 2 heteroatoms. The zero-order valence-electron chi connectivity index (χ0n) is 5.03. The summed E-state index contributed by atoms with van der Waals surface area (Å²) in [4.78, 5) is 0. The molecule has 0 fully saturated rings. The minimum absolute atomic E-state index is 0.161. The van der Waals surface area contributed by atoms with Crippen molar-refractivity contribution in [2.75, 3.05) is 5.88 Å². The van der Waals surface area contributed by atoms with Crippen molar-refractivity contribution in [3.05, 3.63) is 0 Å². The average Bonchev–Trinajstić information content (AvgIpc) is 1.67. The highest BCUT2D eigenvalue weighted by atomic mass is 35.5. The molecule has 0 heterocycles. The Morgan fingerprint density at radius 3 is 2.38 bits per heavy atom. The maximum absolute atomic E-state index is 9.02. The Labute approximate surface area is 54.7 Å². The smallest absolute Gasteiger partial charge is 0.136 e. The number of hydrogen-bond donors (Lipinski definition) is 1. The first-order chi connectivity index (χ1) is 3.62. The number of hydrogen-bond acceptors (Lipinski definition) is 1. The summed E-state index contributed by atoms with van der Waals surface area (Å²) in [5.74, 6) is 5.28. The first-order valence-electron chi connectivity index (χ1n) is 2.34. The molecule has 0 aliphatic heterocycles. The van der Waals surface area contributed by atoms with Gasteiger partial charge in [0.2, 0.25) is 0 Å². The first-order valence-corrected chi connectivity index (χ1v) is 2.88. The molecule has 0 aromatic rings. The summed E-state index contributed by atoms with van der Waals surface area (Å²) in [7, 11) is 0. The van der Waals surface area contributed by atoms with Gasteiger partial charge in [-0.15, -0.1) is 17.5 Å². The second kappa shape index (κ2) is 2.96. The summed E-state index contributed by atoms with van der Waals surface area (Å²) in [6, 6.07) is 0. The van der Waals surface area contributed by atoms with Crippen LogP contribution in [0.1, 0.15) is 13.8 Å². The van der Waals surface area contributed by atoms with Gasteiger partial charge in [-0.25, -0.2) is 0 Å². The standard InChI is InChI=1S/C6H9ClO/c1-3-4-6(2,8)5-7/h8H,5H2,1-2H3. The molecule has 46 valence electrons. The average molecular weight is 133 g/mol. The van der Waals surface area contributed by atoms with E-state index in [-0.39, 0.29) is 5.88 Å². The van der Waals surface area contributed by atoms with Gasteiger partial charge in [-0.1, -0.05) is 5.92 Å². The summed E-state index contributed by atoms with van der Waals surface area (Å²) in [5, 5.41) is 9.02. The van der Waals surface area contributed by atoms with Gasteiger partial charge in [0, 0.05) is 0 Å². The Kier molecular flexibility index (Phi) is 2.89. The second-order valence-electron chi connectivity index (χ2n) is 1.78. The lowest BCUT2D eigenvalue weighted by atomic mass is 10.1. The van der Waals surface area contributed by atoms with E-state index in [2.05, 4.69) is 11.8 Å². The lowest BCUT2D eigenvalue weighted by molar-refractivity contribution is 0.147. The van der Waals surface area contributed by atoms with E-state index >= 15 is 0 Å². The number of halogens is 1. The summed E-state index contributed by atoms with van der Waals surface area (Å²) >= 11 is 5.32. The Morgan fingerprint density at radius 2 is 2.25 bits per heavy atom. The molecule has 1 atom stereocenters. The maximum atomic E-state index is 9.02. The zero-order chi connectivity index (χ0) is 6.62. The molecule has 0 radical (unpaired) electrons. The summed E-state index contributed by atoms with van der Waals surface area (Å²) < 4.78 is 0. The molecule has 0 bridgehead atoms. The van der Waals surface area contributed by atoms with Crippen LogP contribution in [0.25, 0.3) is 0 Å². The van der Waals surface area contributed by atoms with Crippen LogP contribution in [0.5, 0.6) is 0 Å². The Hall–Kier alpha value is -0.190. The number of alkyl halides is 1. The van der Waals surface area contributed by atoms with E-state index < -0.39 is 5.60 Å².